The number of nitrogens with zero attached hydrogens (tertiary/aromatic N) is 1. The fraction of sp³-hybridized carbons (Fsp3) is 0.267. The van der Waals surface area contributed by atoms with Gasteiger partial charge in [-0.25, -0.2) is 0 Å². The fourth-order valence-electron chi connectivity index (χ4n) is 2.29. The molecule has 21 heavy (non-hydrogen) atoms. The van der Waals surface area contributed by atoms with Crippen molar-refractivity contribution in [3.05, 3.63) is 46.6 Å². The highest BCUT2D eigenvalue weighted by Gasteiger charge is 2.22. The van der Waals surface area contributed by atoms with Crippen LogP contribution in [-0.2, 0) is 9.47 Å². The number of methoxy groups -OCH3 is 2. The van der Waals surface area contributed by atoms with Crippen LogP contribution in [0.15, 0.2) is 56.5 Å². The fourth-order valence-corrected chi connectivity index (χ4v) is 4.27. The number of benzene rings is 1. The molecule has 0 aromatic heterocycles. The molecule has 2 heterocycles. The zero-order valence-electron chi connectivity index (χ0n) is 12.1. The minimum Gasteiger partial charge on any atom is -0.492 e. The van der Waals surface area contributed by atoms with Crippen LogP contribution in [0.1, 0.15) is 0 Å². The maximum absolute atomic E-state index is 5.46. The van der Waals surface area contributed by atoms with Gasteiger partial charge in [0.05, 0.1) is 20.8 Å². The quantitative estimate of drug-likeness (QED) is 0.748. The van der Waals surface area contributed by atoms with E-state index in [-0.39, 0.29) is 0 Å². The number of nitrogens with one attached hydrogen (secondary N) is 2. The van der Waals surface area contributed by atoms with E-state index >= 15 is 0 Å². The monoisotopic (exact) mass is 305 g/mol. The third-order valence-electron chi connectivity index (χ3n) is 3.29. The molecule has 0 unspecified atom stereocenters. The summed E-state index contributed by atoms with van der Waals surface area (Å²) in [6.45, 7) is 1.73. The van der Waals surface area contributed by atoms with Gasteiger partial charge < -0.3 is 20.1 Å². The van der Waals surface area contributed by atoms with Crippen molar-refractivity contribution in [2.24, 2.45) is 4.99 Å². The van der Waals surface area contributed by atoms with E-state index < -0.39 is 10.9 Å². The highest BCUT2D eigenvalue weighted by Crippen LogP contribution is 2.54. The van der Waals surface area contributed by atoms with Crippen LogP contribution in [0.5, 0.6) is 0 Å². The lowest BCUT2D eigenvalue weighted by atomic mass is 10.3. The number of hydrogen-bond acceptors (Lipinski definition) is 5. The predicted octanol–water partition coefficient (Wildman–Crippen LogP) is 2.41. The second-order valence-corrected chi connectivity index (χ2v) is 6.65. The van der Waals surface area contributed by atoms with Gasteiger partial charge in [0.15, 0.2) is 5.96 Å². The average Bonchev–Trinajstić information content (AvgIpc) is 3.16. The van der Waals surface area contributed by atoms with E-state index in [1.54, 1.807) is 14.2 Å². The Morgan fingerprint density at radius 3 is 2.29 bits per heavy atom. The largest absolute Gasteiger partial charge is 0.492 e. The molecule has 2 N–H and O–H groups in total. The summed E-state index contributed by atoms with van der Waals surface area (Å²) in [5, 5.41) is 8.38. The lowest BCUT2D eigenvalue weighted by molar-refractivity contribution is 0.316. The summed E-state index contributed by atoms with van der Waals surface area (Å²) in [5.41, 5.74) is 1.02. The molecule has 0 aliphatic carbocycles. The van der Waals surface area contributed by atoms with E-state index in [0.29, 0.717) is 0 Å². The molecule has 0 saturated carbocycles. The number of thiol groups is 1. The molecule has 0 fully saturated rings. The van der Waals surface area contributed by atoms with Crippen molar-refractivity contribution in [3.63, 3.8) is 0 Å². The van der Waals surface area contributed by atoms with E-state index in [1.165, 1.54) is 4.90 Å². The minimum absolute atomic E-state index is 0.691. The number of allylic oxidation sites excluding steroid dienone is 2. The lowest BCUT2D eigenvalue weighted by Crippen LogP contribution is -2.26. The molecule has 0 radical (unpaired) electrons. The molecular weight excluding hydrogens is 286 g/mol. The molecule has 1 aromatic rings. The highest BCUT2D eigenvalue weighted by atomic mass is 32.2. The van der Waals surface area contributed by atoms with E-state index in [2.05, 4.69) is 39.9 Å². The summed E-state index contributed by atoms with van der Waals surface area (Å²) in [5.74, 6) is 0.837. The Balaban J connectivity index is 1.77. The van der Waals surface area contributed by atoms with Crippen molar-refractivity contribution in [1.29, 1.82) is 0 Å². The molecule has 0 atom stereocenters. The van der Waals surface area contributed by atoms with Crippen molar-refractivity contribution < 1.29 is 9.47 Å². The van der Waals surface area contributed by atoms with Crippen molar-refractivity contribution in [3.8, 4) is 0 Å². The summed E-state index contributed by atoms with van der Waals surface area (Å²) < 4.78 is 10.9. The number of guanidine groups is 1. The molecule has 112 valence electrons. The van der Waals surface area contributed by atoms with Crippen LogP contribution in [0.2, 0.25) is 0 Å². The maximum Gasteiger partial charge on any atom is 0.195 e. The van der Waals surface area contributed by atoms with Crippen molar-refractivity contribution >= 4 is 22.5 Å². The van der Waals surface area contributed by atoms with Crippen LogP contribution in [-0.4, -0.2) is 33.3 Å². The first kappa shape index (κ1) is 13.9. The van der Waals surface area contributed by atoms with Gasteiger partial charge in [-0.1, -0.05) is 0 Å². The molecule has 0 amide bonds. The van der Waals surface area contributed by atoms with Crippen LogP contribution in [0.25, 0.3) is 0 Å². The lowest BCUT2D eigenvalue weighted by Gasteiger charge is -2.22. The Bertz CT molecular complexity index is 588. The summed E-state index contributed by atoms with van der Waals surface area (Å²) in [6.07, 6.45) is 3.96. The summed E-state index contributed by atoms with van der Waals surface area (Å²) in [6, 6.07) is 8.32. The van der Waals surface area contributed by atoms with Gasteiger partial charge >= 0.3 is 0 Å². The number of aliphatic imine (C=N–C) groups is 1. The Kier molecular flexibility index (Phi) is 4.06. The molecule has 1 aromatic carbocycles. The van der Waals surface area contributed by atoms with Gasteiger partial charge in [0.25, 0.3) is 0 Å². The number of hydrogen-bond donors (Lipinski definition) is 3. The van der Waals surface area contributed by atoms with E-state index in [9.17, 15) is 0 Å². The van der Waals surface area contributed by atoms with E-state index in [4.69, 9.17) is 9.47 Å². The third kappa shape index (κ3) is 2.85. The zero-order chi connectivity index (χ0) is 14.7. The summed E-state index contributed by atoms with van der Waals surface area (Å²) in [4.78, 5) is 5.53. The molecule has 0 bridgehead atoms. The van der Waals surface area contributed by atoms with Crippen LogP contribution >= 0.6 is 10.9 Å². The Morgan fingerprint density at radius 2 is 1.76 bits per heavy atom. The molecular formula is C15H19N3O2S. The molecule has 0 saturated heterocycles. The van der Waals surface area contributed by atoms with E-state index in [0.717, 1.165) is 34.9 Å². The van der Waals surface area contributed by atoms with Gasteiger partial charge in [-0.15, -0.1) is 10.9 Å². The number of anilines is 1. The van der Waals surface area contributed by atoms with E-state index in [1.807, 2.05) is 12.2 Å². The summed E-state index contributed by atoms with van der Waals surface area (Å²) in [7, 11) is 2.71. The Morgan fingerprint density at radius 1 is 1.10 bits per heavy atom. The number of rotatable bonds is 4. The van der Waals surface area contributed by atoms with Gasteiger partial charge in [0.2, 0.25) is 0 Å². The van der Waals surface area contributed by atoms with Gasteiger partial charge in [-0.05, 0) is 36.4 Å². The van der Waals surface area contributed by atoms with Crippen LogP contribution < -0.4 is 10.6 Å². The van der Waals surface area contributed by atoms with Crippen molar-refractivity contribution in [2.75, 3.05) is 32.6 Å². The van der Waals surface area contributed by atoms with Crippen molar-refractivity contribution in [2.45, 2.75) is 4.90 Å². The molecule has 2 aliphatic rings. The Hall–Kier alpha value is -2.08. The zero-order valence-corrected chi connectivity index (χ0v) is 13.0. The summed E-state index contributed by atoms with van der Waals surface area (Å²) >= 11 is 0. The second kappa shape index (κ2) is 6.13. The molecule has 0 spiro atoms. The first-order valence-electron chi connectivity index (χ1n) is 6.77. The van der Waals surface area contributed by atoms with Crippen molar-refractivity contribution in [1.82, 2.24) is 5.32 Å². The smallest absolute Gasteiger partial charge is 0.195 e. The number of ether oxygens (including phenoxy) is 2. The predicted molar refractivity (Wildman–Crippen MR) is 87.8 cm³/mol. The van der Waals surface area contributed by atoms with Crippen LogP contribution in [0, 0.1) is 0 Å². The maximum atomic E-state index is 5.46. The van der Waals surface area contributed by atoms with Crippen LogP contribution in [0.3, 0.4) is 0 Å². The SMILES string of the molecule is COC1=CC=C(OC)[SH]1c1ccc(NC2=NCCN2)cc1. The third-order valence-corrected chi connectivity index (χ3v) is 5.65. The highest BCUT2D eigenvalue weighted by molar-refractivity contribution is 8.23. The molecule has 6 heteroatoms. The Labute approximate surface area is 127 Å². The standard InChI is InChI=1S/C15H19N3O2S/c1-19-13-7-8-14(20-2)21(13)12-5-3-11(4-6-12)18-15-16-9-10-17-15/h3-8,21H,9-10H2,1-2H3,(H2,16,17,18). The van der Waals surface area contributed by atoms with Gasteiger partial charge in [0, 0.05) is 17.1 Å². The molecule has 3 rings (SSSR count). The van der Waals surface area contributed by atoms with Gasteiger partial charge in [-0.2, -0.15) is 0 Å². The van der Waals surface area contributed by atoms with Gasteiger partial charge in [-0.3, -0.25) is 4.99 Å². The first-order valence-corrected chi connectivity index (χ1v) is 8.11. The molecule has 2 aliphatic heterocycles. The normalized spacial score (nSPS) is 18.6. The first-order chi connectivity index (χ1) is 10.3. The topological polar surface area (TPSA) is 54.9 Å². The van der Waals surface area contributed by atoms with Crippen LogP contribution in [0.4, 0.5) is 5.69 Å². The molecule has 5 nitrogen and oxygen atoms in total. The second-order valence-electron chi connectivity index (χ2n) is 4.58. The van der Waals surface area contributed by atoms with Gasteiger partial charge in [0.1, 0.15) is 10.2 Å². The average molecular weight is 305 g/mol. The minimum atomic E-state index is -0.691.